The normalized spacial score (nSPS) is 21.2. The summed E-state index contributed by atoms with van der Waals surface area (Å²) in [7, 11) is 0. The molecule has 0 radical (unpaired) electrons. The monoisotopic (exact) mass is 363 g/mol. The summed E-state index contributed by atoms with van der Waals surface area (Å²) in [6.45, 7) is 13.3. The van der Waals surface area contributed by atoms with Gasteiger partial charge in [0, 0.05) is 25.3 Å². The Morgan fingerprint density at radius 2 is 1.84 bits per heavy atom. The van der Waals surface area contributed by atoms with E-state index < -0.39 is 0 Å². The van der Waals surface area contributed by atoms with E-state index in [2.05, 4.69) is 29.4 Å². The van der Waals surface area contributed by atoms with Crippen LogP contribution in [0.2, 0.25) is 0 Å². The smallest absolute Gasteiger partial charge is 0.170 e. The van der Waals surface area contributed by atoms with E-state index in [0.29, 0.717) is 5.11 Å². The second-order valence-corrected chi connectivity index (χ2v) is 8.04. The van der Waals surface area contributed by atoms with Crippen LogP contribution in [-0.2, 0) is 0 Å². The van der Waals surface area contributed by atoms with Crippen LogP contribution >= 0.6 is 12.2 Å². The van der Waals surface area contributed by atoms with E-state index in [4.69, 9.17) is 17.0 Å². The van der Waals surface area contributed by atoms with E-state index in [9.17, 15) is 0 Å². The van der Waals surface area contributed by atoms with Crippen molar-refractivity contribution in [3.05, 3.63) is 24.3 Å². The van der Waals surface area contributed by atoms with Crippen LogP contribution in [-0.4, -0.2) is 42.3 Å². The lowest BCUT2D eigenvalue weighted by Crippen LogP contribution is -2.40. The lowest BCUT2D eigenvalue weighted by molar-refractivity contribution is 0.140. The first kappa shape index (κ1) is 20.0. The van der Waals surface area contributed by atoms with E-state index in [1.165, 1.54) is 19.5 Å². The number of nitrogens with one attached hydrogen (secondary N) is 2. The molecule has 25 heavy (non-hydrogen) atoms. The molecule has 5 heteroatoms. The molecule has 1 aliphatic rings. The zero-order valence-corrected chi connectivity index (χ0v) is 16.9. The maximum atomic E-state index is 5.65. The maximum Gasteiger partial charge on any atom is 0.170 e. The van der Waals surface area contributed by atoms with Crippen molar-refractivity contribution in [3.63, 3.8) is 0 Å². The molecule has 140 valence electrons. The largest absolute Gasteiger partial charge is 0.491 e. The molecular weight excluding hydrogens is 330 g/mol. The molecule has 2 N–H and O–H groups in total. The van der Waals surface area contributed by atoms with Crippen molar-refractivity contribution in [2.24, 2.45) is 11.8 Å². The van der Waals surface area contributed by atoms with Gasteiger partial charge in [0.1, 0.15) is 5.75 Å². The summed E-state index contributed by atoms with van der Waals surface area (Å²) in [5.74, 6) is 2.52. The van der Waals surface area contributed by atoms with Crippen LogP contribution in [0, 0.1) is 11.8 Å². The molecule has 0 saturated carbocycles. The number of hydrogen-bond acceptors (Lipinski definition) is 3. The highest BCUT2D eigenvalue weighted by Crippen LogP contribution is 2.20. The topological polar surface area (TPSA) is 36.5 Å². The number of ether oxygens (including phenoxy) is 1. The Morgan fingerprint density at radius 1 is 1.20 bits per heavy atom. The predicted molar refractivity (Wildman–Crippen MR) is 110 cm³/mol. The second-order valence-electron chi connectivity index (χ2n) is 7.63. The van der Waals surface area contributed by atoms with E-state index in [-0.39, 0.29) is 6.10 Å². The highest BCUT2D eigenvalue weighted by molar-refractivity contribution is 7.80. The lowest BCUT2D eigenvalue weighted by Gasteiger charge is -2.34. The average molecular weight is 364 g/mol. The molecule has 0 unspecified atom stereocenters. The Bertz CT molecular complexity index is 522. The van der Waals surface area contributed by atoms with E-state index in [0.717, 1.165) is 42.8 Å². The van der Waals surface area contributed by atoms with Gasteiger partial charge in [-0.25, -0.2) is 0 Å². The number of anilines is 1. The first-order valence-electron chi connectivity index (χ1n) is 9.46. The molecule has 1 saturated heterocycles. The molecule has 0 amide bonds. The van der Waals surface area contributed by atoms with Crippen molar-refractivity contribution < 1.29 is 4.74 Å². The number of piperidine rings is 1. The van der Waals surface area contributed by atoms with Gasteiger partial charge in [-0.05, 0) is 81.6 Å². The average Bonchev–Trinajstić information content (AvgIpc) is 2.52. The Kier molecular flexibility index (Phi) is 7.97. The minimum absolute atomic E-state index is 0.187. The Hall–Kier alpha value is -1.33. The summed E-state index contributed by atoms with van der Waals surface area (Å²) in [5, 5.41) is 7.21. The number of hydrogen-bond donors (Lipinski definition) is 2. The molecule has 1 aromatic rings. The van der Waals surface area contributed by atoms with Crippen LogP contribution in [0.25, 0.3) is 0 Å². The second kappa shape index (κ2) is 9.97. The van der Waals surface area contributed by atoms with Crippen LogP contribution in [0.1, 0.15) is 40.5 Å². The first-order valence-corrected chi connectivity index (χ1v) is 9.87. The minimum Gasteiger partial charge on any atom is -0.491 e. The molecule has 1 fully saturated rings. The van der Waals surface area contributed by atoms with Gasteiger partial charge in [-0.1, -0.05) is 13.8 Å². The fourth-order valence-electron chi connectivity index (χ4n) is 3.54. The maximum absolute atomic E-state index is 5.65. The number of rotatable bonds is 7. The molecule has 0 aromatic heterocycles. The number of nitrogens with zero attached hydrogens (tertiary/aromatic N) is 1. The summed E-state index contributed by atoms with van der Waals surface area (Å²) >= 11 is 5.38. The van der Waals surface area contributed by atoms with Gasteiger partial charge in [-0.2, -0.15) is 0 Å². The molecule has 1 heterocycles. The van der Waals surface area contributed by atoms with Crippen LogP contribution in [0.5, 0.6) is 5.75 Å². The number of likely N-dealkylation sites (tertiary alicyclic amines) is 1. The van der Waals surface area contributed by atoms with Crippen molar-refractivity contribution in [2.75, 3.05) is 31.5 Å². The van der Waals surface area contributed by atoms with E-state index in [1.54, 1.807) is 0 Å². The van der Waals surface area contributed by atoms with Gasteiger partial charge in [0.25, 0.3) is 0 Å². The Labute approximate surface area is 158 Å². The molecule has 2 rings (SSSR count). The zero-order chi connectivity index (χ0) is 18.2. The van der Waals surface area contributed by atoms with Gasteiger partial charge in [0.2, 0.25) is 0 Å². The molecule has 1 aromatic carbocycles. The number of benzene rings is 1. The van der Waals surface area contributed by atoms with Crippen molar-refractivity contribution >= 4 is 23.0 Å². The summed E-state index contributed by atoms with van der Waals surface area (Å²) in [6.07, 6.45) is 2.67. The molecule has 4 nitrogen and oxygen atoms in total. The standard InChI is InChI=1S/C20H33N3OS/c1-15(2)24-19-8-6-18(7-9-19)22-20(25)21-10-5-11-23-13-16(3)12-17(4)14-23/h6-9,15-17H,5,10-14H2,1-4H3,(H2,21,22,25)/t16-,17+. The van der Waals surface area contributed by atoms with E-state index in [1.807, 2.05) is 38.1 Å². The fraction of sp³-hybridized carbons (Fsp3) is 0.650. The van der Waals surface area contributed by atoms with Gasteiger partial charge < -0.3 is 20.3 Å². The lowest BCUT2D eigenvalue weighted by atomic mass is 9.92. The van der Waals surface area contributed by atoms with Gasteiger partial charge >= 0.3 is 0 Å². The predicted octanol–water partition coefficient (Wildman–Crippen LogP) is 4.13. The third-order valence-corrected chi connectivity index (χ3v) is 4.61. The van der Waals surface area contributed by atoms with Gasteiger partial charge in [-0.3, -0.25) is 0 Å². The van der Waals surface area contributed by atoms with Gasteiger partial charge in [0.05, 0.1) is 6.10 Å². The van der Waals surface area contributed by atoms with Crippen molar-refractivity contribution in [1.29, 1.82) is 0 Å². The Balaban J connectivity index is 1.63. The molecule has 0 spiro atoms. The SMILES string of the molecule is CC(C)Oc1ccc(NC(=S)NCCCN2C[C@H](C)C[C@H](C)C2)cc1. The van der Waals surface area contributed by atoms with Crippen molar-refractivity contribution in [3.8, 4) is 5.75 Å². The van der Waals surface area contributed by atoms with Crippen LogP contribution in [0.3, 0.4) is 0 Å². The minimum atomic E-state index is 0.187. The van der Waals surface area contributed by atoms with E-state index >= 15 is 0 Å². The third-order valence-electron chi connectivity index (χ3n) is 4.37. The summed E-state index contributed by atoms with van der Waals surface area (Å²) in [6, 6.07) is 7.90. The molecule has 0 aliphatic carbocycles. The summed E-state index contributed by atoms with van der Waals surface area (Å²) < 4.78 is 5.65. The molecule has 1 aliphatic heterocycles. The van der Waals surface area contributed by atoms with Crippen LogP contribution in [0.15, 0.2) is 24.3 Å². The highest BCUT2D eigenvalue weighted by Gasteiger charge is 2.20. The molecular formula is C20H33N3OS. The number of thiocarbonyl (C=S) groups is 1. The molecule has 0 bridgehead atoms. The van der Waals surface area contributed by atoms with Crippen molar-refractivity contribution in [2.45, 2.75) is 46.6 Å². The Morgan fingerprint density at radius 3 is 2.44 bits per heavy atom. The highest BCUT2D eigenvalue weighted by atomic mass is 32.1. The van der Waals surface area contributed by atoms with Crippen LogP contribution in [0.4, 0.5) is 5.69 Å². The van der Waals surface area contributed by atoms with Gasteiger partial charge in [-0.15, -0.1) is 0 Å². The fourth-order valence-corrected chi connectivity index (χ4v) is 3.76. The third kappa shape index (κ3) is 7.61. The summed E-state index contributed by atoms with van der Waals surface area (Å²) in [4.78, 5) is 2.59. The van der Waals surface area contributed by atoms with Gasteiger partial charge in [0.15, 0.2) is 5.11 Å². The van der Waals surface area contributed by atoms with Crippen molar-refractivity contribution in [1.82, 2.24) is 10.2 Å². The quantitative estimate of drug-likeness (QED) is 0.563. The first-order chi connectivity index (χ1) is 11.9. The molecule has 2 atom stereocenters. The summed E-state index contributed by atoms with van der Waals surface area (Å²) in [5.41, 5.74) is 0.979. The zero-order valence-electron chi connectivity index (χ0n) is 16.0. The van der Waals surface area contributed by atoms with Crippen LogP contribution < -0.4 is 15.4 Å².